The number of fused-ring (bicyclic) bond motifs is 2. The second-order valence-corrected chi connectivity index (χ2v) is 5.38. The molecule has 0 N–H and O–H groups in total. The molecule has 2 aromatic carbocycles. The monoisotopic (exact) mass is 262 g/mol. The summed E-state index contributed by atoms with van der Waals surface area (Å²) < 4.78 is 5.49. The number of rotatable bonds is 2. The van der Waals surface area contributed by atoms with Crippen molar-refractivity contribution in [3.63, 3.8) is 0 Å². The maximum atomic E-state index is 12.7. The summed E-state index contributed by atoms with van der Waals surface area (Å²) in [4.78, 5) is 12.7. The van der Waals surface area contributed by atoms with E-state index < -0.39 is 0 Å². The van der Waals surface area contributed by atoms with Crippen LogP contribution in [0.3, 0.4) is 0 Å². The summed E-state index contributed by atoms with van der Waals surface area (Å²) in [5.74, 6) is 0.250. The largest absolute Gasteiger partial charge is 0.464 e. The van der Waals surface area contributed by atoms with Gasteiger partial charge in [-0.05, 0) is 30.0 Å². The van der Waals surface area contributed by atoms with E-state index in [1.807, 2.05) is 36.4 Å². The van der Waals surface area contributed by atoms with Crippen LogP contribution in [0.25, 0.3) is 11.0 Å². The van der Waals surface area contributed by atoms with Gasteiger partial charge in [-0.2, -0.15) is 0 Å². The highest BCUT2D eigenvalue weighted by molar-refractivity contribution is 6.08. The highest BCUT2D eigenvalue weighted by atomic mass is 16.3. The normalized spacial score (nSPS) is 14.6. The molecule has 0 fully saturated rings. The fraction of sp³-hybridized carbons (Fsp3) is 0.167. The number of hydrogen-bond acceptors (Lipinski definition) is 2. The van der Waals surface area contributed by atoms with Gasteiger partial charge in [0.2, 0.25) is 0 Å². The number of carbonyl (C=O) groups is 1. The van der Waals surface area contributed by atoms with Crippen molar-refractivity contribution in [3.05, 3.63) is 71.5 Å². The third kappa shape index (κ3) is 1.68. The molecule has 1 heterocycles. The summed E-state index contributed by atoms with van der Waals surface area (Å²) in [5.41, 5.74) is 4.11. The zero-order valence-corrected chi connectivity index (χ0v) is 11.0. The SMILES string of the molecule is O=C(c1coc2ccccc12)C1Cc2ccccc2C1. The second kappa shape index (κ2) is 4.34. The third-order valence-electron chi connectivity index (χ3n) is 4.17. The molecule has 0 radical (unpaired) electrons. The number of para-hydroxylation sites is 1. The molecule has 2 heteroatoms. The lowest BCUT2D eigenvalue weighted by Crippen LogP contribution is -2.14. The Morgan fingerprint density at radius 3 is 2.35 bits per heavy atom. The van der Waals surface area contributed by atoms with Gasteiger partial charge in [0.1, 0.15) is 11.8 Å². The molecule has 0 bridgehead atoms. The van der Waals surface area contributed by atoms with E-state index in [2.05, 4.69) is 12.1 Å². The van der Waals surface area contributed by atoms with E-state index in [0.29, 0.717) is 0 Å². The molecule has 1 aliphatic carbocycles. The number of hydrogen-bond donors (Lipinski definition) is 0. The van der Waals surface area contributed by atoms with Crippen molar-refractivity contribution in [1.82, 2.24) is 0 Å². The topological polar surface area (TPSA) is 30.2 Å². The second-order valence-electron chi connectivity index (χ2n) is 5.38. The first kappa shape index (κ1) is 11.5. The van der Waals surface area contributed by atoms with Crippen LogP contribution in [-0.4, -0.2) is 5.78 Å². The summed E-state index contributed by atoms with van der Waals surface area (Å²) >= 11 is 0. The Labute approximate surface area is 117 Å². The lowest BCUT2D eigenvalue weighted by molar-refractivity contribution is 0.0925. The Bertz CT molecular complexity index is 773. The molecule has 1 aliphatic rings. The van der Waals surface area contributed by atoms with Crippen molar-refractivity contribution < 1.29 is 9.21 Å². The minimum atomic E-state index is 0.0495. The molecule has 4 rings (SSSR count). The summed E-state index contributed by atoms with van der Waals surface area (Å²) in [5, 5.41) is 0.924. The maximum Gasteiger partial charge on any atom is 0.170 e. The van der Waals surface area contributed by atoms with Crippen LogP contribution < -0.4 is 0 Å². The molecule has 0 atom stereocenters. The van der Waals surface area contributed by atoms with Gasteiger partial charge < -0.3 is 4.42 Å². The molecule has 98 valence electrons. The van der Waals surface area contributed by atoms with Gasteiger partial charge in [0.15, 0.2) is 5.78 Å². The van der Waals surface area contributed by atoms with Crippen molar-refractivity contribution in [1.29, 1.82) is 0 Å². The molecule has 0 spiro atoms. The lowest BCUT2D eigenvalue weighted by Gasteiger charge is -2.06. The van der Waals surface area contributed by atoms with Crippen LogP contribution in [0.1, 0.15) is 21.5 Å². The van der Waals surface area contributed by atoms with Crippen LogP contribution in [0, 0.1) is 5.92 Å². The van der Waals surface area contributed by atoms with E-state index in [1.165, 1.54) is 11.1 Å². The van der Waals surface area contributed by atoms with Crippen LogP contribution in [0.5, 0.6) is 0 Å². The van der Waals surface area contributed by atoms with E-state index >= 15 is 0 Å². The first-order chi connectivity index (χ1) is 9.83. The zero-order chi connectivity index (χ0) is 13.5. The zero-order valence-electron chi connectivity index (χ0n) is 11.0. The highest BCUT2D eigenvalue weighted by Crippen LogP contribution is 2.31. The molecule has 20 heavy (non-hydrogen) atoms. The Morgan fingerprint density at radius 2 is 1.60 bits per heavy atom. The minimum absolute atomic E-state index is 0.0495. The van der Waals surface area contributed by atoms with Gasteiger partial charge in [-0.15, -0.1) is 0 Å². The Morgan fingerprint density at radius 1 is 0.950 bits per heavy atom. The molecular weight excluding hydrogens is 248 g/mol. The average molecular weight is 262 g/mol. The average Bonchev–Trinajstić information content (AvgIpc) is 3.10. The Hall–Kier alpha value is -2.35. The van der Waals surface area contributed by atoms with Crippen molar-refractivity contribution in [3.8, 4) is 0 Å². The van der Waals surface area contributed by atoms with Crippen LogP contribution in [0.2, 0.25) is 0 Å². The molecule has 0 saturated heterocycles. The molecule has 1 aromatic heterocycles. The van der Waals surface area contributed by atoms with Gasteiger partial charge in [0.05, 0.1) is 5.56 Å². The first-order valence-electron chi connectivity index (χ1n) is 6.90. The molecule has 0 saturated carbocycles. The quantitative estimate of drug-likeness (QED) is 0.653. The van der Waals surface area contributed by atoms with Crippen molar-refractivity contribution >= 4 is 16.8 Å². The van der Waals surface area contributed by atoms with Gasteiger partial charge >= 0.3 is 0 Å². The summed E-state index contributed by atoms with van der Waals surface area (Å²) in [6.45, 7) is 0. The van der Waals surface area contributed by atoms with E-state index in [4.69, 9.17) is 4.42 Å². The fourth-order valence-corrected chi connectivity index (χ4v) is 3.13. The first-order valence-corrected chi connectivity index (χ1v) is 6.90. The van der Waals surface area contributed by atoms with E-state index in [-0.39, 0.29) is 11.7 Å². The summed E-state index contributed by atoms with van der Waals surface area (Å²) in [6, 6.07) is 16.0. The standard InChI is InChI=1S/C18H14O2/c19-18(14-9-12-5-1-2-6-13(12)10-14)16-11-20-17-8-4-3-7-15(16)17/h1-8,11,14H,9-10H2. The lowest BCUT2D eigenvalue weighted by atomic mass is 9.95. The predicted octanol–water partition coefficient (Wildman–Crippen LogP) is 4.03. The molecule has 3 aromatic rings. The maximum absolute atomic E-state index is 12.7. The van der Waals surface area contributed by atoms with Crippen LogP contribution in [0.4, 0.5) is 0 Å². The number of carbonyl (C=O) groups excluding carboxylic acids is 1. The van der Waals surface area contributed by atoms with Crippen molar-refractivity contribution in [2.45, 2.75) is 12.8 Å². The van der Waals surface area contributed by atoms with Gasteiger partial charge in [-0.25, -0.2) is 0 Å². The Balaban J connectivity index is 1.69. The van der Waals surface area contributed by atoms with E-state index in [0.717, 1.165) is 29.4 Å². The predicted molar refractivity (Wildman–Crippen MR) is 77.9 cm³/mol. The number of benzene rings is 2. The summed E-state index contributed by atoms with van der Waals surface area (Å²) in [6.07, 6.45) is 3.29. The molecule has 0 amide bonds. The van der Waals surface area contributed by atoms with Crippen LogP contribution in [0.15, 0.2) is 59.2 Å². The number of furan rings is 1. The van der Waals surface area contributed by atoms with E-state index in [1.54, 1.807) is 6.26 Å². The van der Waals surface area contributed by atoms with Crippen LogP contribution >= 0.6 is 0 Å². The minimum Gasteiger partial charge on any atom is -0.464 e. The van der Waals surface area contributed by atoms with Crippen LogP contribution in [-0.2, 0) is 12.8 Å². The smallest absolute Gasteiger partial charge is 0.170 e. The third-order valence-corrected chi connectivity index (χ3v) is 4.17. The Kier molecular flexibility index (Phi) is 2.49. The van der Waals surface area contributed by atoms with Gasteiger partial charge in [0, 0.05) is 11.3 Å². The van der Waals surface area contributed by atoms with Crippen molar-refractivity contribution in [2.24, 2.45) is 5.92 Å². The highest BCUT2D eigenvalue weighted by Gasteiger charge is 2.29. The fourth-order valence-electron chi connectivity index (χ4n) is 3.13. The van der Waals surface area contributed by atoms with Crippen molar-refractivity contribution in [2.75, 3.05) is 0 Å². The van der Waals surface area contributed by atoms with Gasteiger partial charge in [-0.1, -0.05) is 42.5 Å². The number of Topliss-reactive ketones (excluding diaryl/α,β-unsaturated/α-hetero) is 1. The molecular formula is C18H14O2. The molecule has 0 unspecified atom stereocenters. The molecule has 0 aliphatic heterocycles. The summed E-state index contributed by atoms with van der Waals surface area (Å²) in [7, 11) is 0. The molecule has 2 nitrogen and oxygen atoms in total. The van der Waals surface area contributed by atoms with Gasteiger partial charge in [-0.3, -0.25) is 4.79 Å². The van der Waals surface area contributed by atoms with Gasteiger partial charge in [0.25, 0.3) is 0 Å². The number of ketones is 1. The van der Waals surface area contributed by atoms with E-state index in [9.17, 15) is 4.79 Å².